The molecule has 2 rings (SSSR count). The van der Waals surface area contributed by atoms with Crippen LogP contribution in [0.5, 0.6) is 5.75 Å². The van der Waals surface area contributed by atoms with Crippen molar-refractivity contribution in [2.24, 2.45) is 5.73 Å². The van der Waals surface area contributed by atoms with Crippen LogP contribution in [0, 0.1) is 0 Å². The van der Waals surface area contributed by atoms with Crippen LogP contribution < -0.4 is 15.4 Å². The molecule has 0 aliphatic rings. The molecule has 0 fully saturated rings. The number of hydrogen-bond donors (Lipinski definition) is 1. The predicted molar refractivity (Wildman–Crippen MR) is 82.6 cm³/mol. The molecule has 21 heavy (non-hydrogen) atoms. The second kappa shape index (κ2) is 6.26. The van der Waals surface area contributed by atoms with E-state index in [9.17, 15) is 4.79 Å². The minimum Gasteiger partial charge on any atom is -0.497 e. The van der Waals surface area contributed by atoms with Crippen molar-refractivity contribution in [3.05, 3.63) is 53.7 Å². The molecule has 0 spiro atoms. The van der Waals surface area contributed by atoms with E-state index in [0.29, 0.717) is 11.4 Å². The van der Waals surface area contributed by atoms with Gasteiger partial charge in [-0.1, -0.05) is 12.1 Å². The van der Waals surface area contributed by atoms with Gasteiger partial charge in [0.25, 0.3) is 0 Å². The SMILES string of the molecule is COc1ccc([C@@H](C)N(C)c2cc(C(N)=O)ccn2)cc1. The molecule has 2 aromatic rings. The van der Waals surface area contributed by atoms with Crippen LogP contribution in [-0.4, -0.2) is 25.0 Å². The van der Waals surface area contributed by atoms with Crippen LogP contribution >= 0.6 is 0 Å². The summed E-state index contributed by atoms with van der Waals surface area (Å²) >= 11 is 0. The number of carbonyl (C=O) groups is 1. The first-order valence-electron chi connectivity index (χ1n) is 6.65. The van der Waals surface area contributed by atoms with E-state index in [4.69, 9.17) is 10.5 Å². The minimum absolute atomic E-state index is 0.103. The Bertz CT molecular complexity index is 626. The molecule has 0 bridgehead atoms. The highest BCUT2D eigenvalue weighted by molar-refractivity contribution is 5.93. The summed E-state index contributed by atoms with van der Waals surface area (Å²) in [6.07, 6.45) is 1.59. The van der Waals surface area contributed by atoms with Crippen molar-refractivity contribution in [1.82, 2.24) is 4.98 Å². The smallest absolute Gasteiger partial charge is 0.248 e. The number of rotatable bonds is 5. The highest BCUT2D eigenvalue weighted by Crippen LogP contribution is 2.25. The number of hydrogen-bond acceptors (Lipinski definition) is 4. The van der Waals surface area contributed by atoms with E-state index in [1.165, 1.54) is 0 Å². The Balaban J connectivity index is 2.23. The van der Waals surface area contributed by atoms with Crippen LogP contribution in [-0.2, 0) is 0 Å². The van der Waals surface area contributed by atoms with Gasteiger partial charge in [0, 0.05) is 18.8 Å². The molecule has 110 valence electrons. The topological polar surface area (TPSA) is 68.5 Å². The number of nitrogens with two attached hydrogens (primary N) is 1. The van der Waals surface area contributed by atoms with E-state index in [0.717, 1.165) is 11.3 Å². The number of primary amides is 1. The van der Waals surface area contributed by atoms with Crippen molar-refractivity contribution in [2.45, 2.75) is 13.0 Å². The van der Waals surface area contributed by atoms with E-state index >= 15 is 0 Å². The Morgan fingerprint density at radius 2 is 1.95 bits per heavy atom. The Morgan fingerprint density at radius 3 is 2.52 bits per heavy atom. The summed E-state index contributed by atoms with van der Waals surface area (Å²) in [5.41, 5.74) is 6.88. The van der Waals surface area contributed by atoms with Crippen molar-refractivity contribution < 1.29 is 9.53 Å². The Labute approximate surface area is 124 Å². The monoisotopic (exact) mass is 285 g/mol. The maximum absolute atomic E-state index is 11.2. The van der Waals surface area contributed by atoms with Gasteiger partial charge in [0.2, 0.25) is 5.91 Å². The van der Waals surface area contributed by atoms with Crippen LogP contribution in [0.4, 0.5) is 5.82 Å². The quantitative estimate of drug-likeness (QED) is 0.915. The van der Waals surface area contributed by atoms with Gasteiger partial charge in [-0.05, 0) is 36.8 Å². The number of aromatic nitrogens is 1. The molecule has 2 N–H and O–H groups in total. The number of pyridine rings is 1. The largest absolute Gasteiger partial charge is 0.497 e. The third-order valence-electron chi connectivity index (χ3n) is 3.57. The zero-order chi connectivity index (χ0) is 15.4. The molecule has 1 amide bonds. The third-order valence-corrected chi connectivity index (χ3v) is 3.57. The molecule has 0 aliphatic carbocycles. The maximum Gasteiger partial charge on any atom is 0.248 e. The van der Waals surface area contributed by atoms with Gasteiger partial charge in [0.05, 0.1) is 13.2 Å². The lowest BCUT2D eigenvalue weighted by molar-refractivity contribution is 0.1000. The second-order valence-corrected chi connectivity index (χ2v) is 4.83. The van der Waals surface area contributed by atoms with Crippen molar-refractivity contribution in [2.75, 3.05) is 19.1 Å². The first-order valence-corrected chi connectivity index (χ1v) is 6.65. The molecule has 0 saturated carbocycles. The van der Waals surface area contributed by atoms with Gasteiger partial charge >= 0.3 is 0 Å². The summed E-state index contributed by atoms with van der Waals surface area (Å²) in [5.74, 6) is 1.07. The lowest BCUT2D eigenvalue weighted by atomic mass is 10.1. The van der Waals surface area contributed by atoms with Gasteiger partial charge in [0.15, 0.2) is 0 Å². The average Bonchev–Trinajstić information content (AvgIpc) is 2.53. The van der Waals surface area contributed by atoms with E-state index in [1.54, 1.807) is 25.4 Å². The molecule has 1 aromatic heterocycles. The van der Waals surface area contributed by atoms with Gasteiger partial charge in [-0.25, -0.2) is 4.98 Å². The Hall–Kier alpha value is -2.56. The summed E-state index contributed by atoms with van der Waals surface area (Å²) in [6, 6.07) is 11.3. The molecule has 0 unspecified atom stereocenters. The molecule has 0 saturated heterocycles. The molecule has 1 atom stereocenters. The number of carbonyl (C=O) groups excluding carboxylic acids is 1. The highest BCUT2D eigenvalue weighted by Gasteiger charge is 2.14. The lowest BCUT2D eigenvalue weighted by Crippen LogP contribution is -2.23. The molecule has 5 nitrogen and oxygen atoms in total. The summed E-state index contributed by atoms with van der Waals surface area (Å²) in [4.78, 5) is 17.5. The molecule has 0 radical (unpaired) electrons. The number of amides is 1. The van der Waals surface area contributed by atoms with E-state index in [2.05, 4.69) is 11.9 Å². The fourth-order valence-corrected chi connectivity index (χ4v) is 2.07. The van der Waals surface area contributed by atoms with Crippen molar-refractivity contribution >= 4 is 11.7 Å². The van der Waals surface area contributed by atoms with Gasteiger partial charge in [-0.2, -0.15) is 0 Å². The zero-order valence-corrected chi connectivity index (χ0v) is 12.4. The first kappa shape index (κ1) is 14.8. The van der Waals surface area contributed by atoms with Crippen LogP contribution in [0.15, 0.2) is 42.6 Å². The predicted octanol–water partition coefficient (Wildman–Crippen LogP) is 2.39. The summed E-state index contributed by atoms with van der Waals surface area (Å²) in [7, 11) is 3.58. The summed E-state index contributed by atoms with van der Waals surface area (Å²) in [5, 5.41) is 0. The van der Waals surface area contributed by atoms with Crippen LogP contribution in [0.3, 0.4) is 0 Å². The van der Waals surface area contributed by atoms with E-state index in [-0.39, 0.29) is 6.04 Å². The van der Waals surface area contributed by atoms with Crippen LogP contribution in [0.2, 0.25) is 0 Å². The Kier molecular flexibility index (Phi) is 4.42. The first-order chi connectivity index (χ1) is 10.0. The molecular weight excluding hydrogens is 266 g/mol. The highest BCUT2D eigenvalue weighted by atomic mass is 16.5. The molecule has 1 aromatic carbocycles. The van der Waals surface area contributed by atoms with Gasteiger partial charge in [-0.15, -0.1) is 0 Å². The fraction of sp³-hybridized carbons (Fsp3) is 0.250. The number of benzene rings is 1. The molecule has 5 heteroatoms. The van der Waals surface area contributed by atoms with Crippen molar-refractivity contribution in [3.63, 3.8) is 0 Å². The normalized spacial score (nSPS) is 11.8. The third kappa shape index (κ3) is 3.31. The number of ether oxygens (including phenoxy) is 1. The van der Waals surface area contributed by atoms with Crippen molar-refractivity contribution in [3.8, 4) is 5.75 Å². The van der Waals surface area contributed by atoms with Crippen molar-refractivity contribution in [1.29, 1.82) is 0 Å². The number of nitrogens with zero attached hydrogens (tertiary/aromatic N) is 2. The standard InChI is InChI=1S/C16H19N3O2/c1-11(12-4-6-14(21-3)7-5-12)19(2)15-10-13(16(17)20)8-9-18-15/h4-11H,1-3H3,(H2,17,20)/t11-/m1/s1. The number of methoxy groups -OCH3 is 1. The summed E-state index contributed by atoms with van der Waals surface area (Å²) < 4.78 is 5.16. The van der Waals surface area contributed by atoms with E-state index in [1.807, 2.05) is 36.2 Å². The molecular formula is C16H19N3O2. The minimum atomic E-state index is -0.454. The van der Waals surface area contributed by atoms with Crippen LogP contribution in [0.25, 0.3) is 0 Å². The molecule has 0 aliphatic heterocycles. The number of anilines is 1. The second-order valence-electron chi connectivity index (χ2n) is 4.83. The van der Waals surface area contributed by atoms with Gasteiger partial charge < -0.3 is 15.4 Å². The zero-order valence-electron chi connectivity index (χ0n) is 12.4. The fourth-order valence-electron chi connectivity index (χ4n) is 2.07. The lowest BCUT2D eigenvalue weighted by Gasteiger charge is -2.26. The maximum atomic E-state index is 11.2. The summed E-state index contributed by atoms with van der Waals surface area (Å²) in [6.45, 7) is 2.07. The Morgan fingerprint density at radius 1 is 1.29 bits per heavy atom. The molecule has 1 heterocycles. The van der Waals surface area contributed by atoms with E-state index < -0.39 is 5.91 Å². The van der Waals surface area contributed by atoms with Gasteiger partial charge in [0.1, 0.15) is 11.6 Å². The van der Waals surface area contributed by atoms with Crippen LogP contribution in [0.1, 0.15) is 28.9 Å². The van der Waals surface area contributed by atoms with Gasteiger partial charge in [-0.3, -0.25) is 4.79 Å². The average molecular weight is 285 g/mol.